The summed E-state index contributed by atoms with van der Waals surface area (Å²) in [4.78, 5) is 31.9. The second-order valence-electron chi connectivity index (χ2n) is 8.84. The molecule has 1 N–H and O–H groups in total. The summed E-state index contributed by atoms with van der Waals surface area (Å²) in [5.74, 6) is 1.52. The van der Waals surface area contributed by atoms with Gasteiger partial charge >= 0.3 is 0 Å². The fourth-order valence-corrected chi connectivity index (χ4v) is 4.35. The van der Waals surface area contributed by atoms with Crippen molar-refractivity contribution < 1.29 is 14.3 Å². The zero-order valence-corrected chi connectivity index (χ0v) is 21.3. The Bertz CT molecular complexity index is 1290. The van der Waals surface area contributed by atoms with E-state index in [0.717, 1.165) is 48.2 Å². The fraction of sp³-hybridized carbons (Fsp3) is 0.300. The number of carbonyl (C=O) groups is 2. The SMILES string of the molecule is CCN(C(=O)Cn1c(CCCCCNC(=O)COc2ccccc2)nc2ccccc21)c1ccccc1. The first-order valence-electron chi connectivity index (χ1n) is 12.9. The number of nitrogens with zero attached hydrogens (tertiary/aromatic N) is 3. The van der Waals surface area contributed by atoms with Gasteiger partial charge in [0.1, 0.15) is 18.1 Å². The maximum absolute atomic E-state index is 13.3. The van der Waals surface area contributed by atoms with Crippen LogP contribution < -0.4 is 15.0 Å². The molecule has 3 aromatic carbocycles. The first-order valence-corrected chi connectivity index (χ1v) is 12.9. The first-order chi connectivity index (χ1) is 18.2. The average Bonchev–Trinajstić information content (AvgIpc) is 3.28. The van der Waals surface area contributed by atoms with Crippen LogP contribution in [-0.2, 0) is 22.6 Å². The lowest BCUT2D eigenvalue weighted by atomic mass is 10.2. The molecule has 7 heteroatoms. The minimum Gasteiger partial charge on any atom is -0.484 e. The first kappa shape index (κ1) is 25.9. The molecule has 7 nitrogen and oxygen atoms in total. The molecule has 0 bridgehead atoms. The van der Waals surface area contributed by atoms with Crippen LogP contribution in [0.15, 0.2) is 84.9 Å². The Morgan fingerprint density at radius 1 is 0.892 bits per heavy atom. The predicted octanol–water partition coefficient (Wildman–Crippen LogP) is 5.00. The third-order valence-corrected chi connectivity index (χ3v) is 6.22. The molecule has 0 atom stereocenters. The van der Waals surface area contributed by atoms with Crippen LogP contribution in [0.5, 0.6) is 5.75 Å². The lowest BCUT2D eigenvalue weighted by molar-refractivity contribution is -0.123. The van der Waals surface area contributed by atoms with Gasteiger partial charge < -0.3 is 19.5 Å². The number of fused-ring (bicyclic) bond motifs is 1. The van der Waals surface area contributed by atoms with E-state index in [1.165, 1.54) is 0 Å². The van der Waals surface area contributed by atoms with Crippen LogP contribution >= 0.6 is 0 Å². The minimum absolute atomic E-state index is 0.0137. The Morgan fingerprint density at radius 2 is 1.59 bits per heavy atom. The van der Waals surface area contributed by atoms with E-state index in [9.17, 15) is 9.59 Å². The molecule has 2 amide bonds. The summed E-state index contributed by atoms with van der Waals surface area (Å²) in [5.41, 5.74) is 2.77. The van der Waals surface area contributed by atoms with Gasteiger partial charge in [0.2, 0.25) is 5.91 Å². The van der Waals surface area contributed by atoms with Crippen LogP contribution in [0, 0.1) is 0 Å². The van der Waals surface area contributed by atoms with Crippen LogP contribution in [0.3, 0.4) is 0 Å². The summed E-state index contributed by atoms with van der Waals surface area (Å²) in [7, 11) is 0. The molecule has 0 radical (unpaired) electrons. The molecule has 0 fully saturated rings. The van der Waals surface area contributed by atoms with E-state index in [1.807, 2.05) is 101 Å². The molecule has 0 spiro atoms. The molecule has 4 rings (SSSR count). The molecule has 192 valence electrons. The number of hydrogen-bond donors (Lipinski definition) is 1. The van der Waals surface area contributed by atoms with E-state index in [1.54, 1.807) is 0 Å². The molecular formula is C30H34N4O3. The van der Waals surface area contributed by atoms with Crippen molar-refractivity contribution in [1.82, 2.24) is 14.9 Å². The van der Waals surface area contributed by atoms with Gasteiger partial charge in [-0.1, -0.05) is 55.0 Å². The summed E-state index contributed by atoms with van der Waals surface area (Å²) in [6, 6.07) is 27.0. The van der Waals surface area contributed by atoms with Gasteiger partial charge in [0.15, 0.2) is 6.61 Å². The van der Waals surface area contributed by atoms with Gasteiger partial charge in [0, 0.05) is 25.2 Å². The topological polar surface area (TPSA) is 76.5 Å². The highest BCUT2D eigenvalue weighted by Crippen LogP contribution is 2.20. The van der Waals surface area contributed by atoms with E-state index in [2.05, 4.69) is 5.32 Å². The number of nitrogens with one attached hydrogen (secondary N) is 1. The number of unbranched alkanes of at least 4 members (excludes halogenated alkanes) is 2. The number of hydrogen-bond acceptors (Lipinski definition) is 4. The zero-order valence-electron chi connectivity index (χ0n) is 21.3. The van der Waals surface area contributed by atoms with Crippen LogP contribution in [0.1, 0.15) is 32.0 Å². The van der Waals surface area contributed by atoms with Gasteiger partial charge in [-0.05, 0) is 56.2 Å². The van der Waals surface area contributed by atoms with Crippen LogP contribution in [0.4, 0.5) is 5.69 Å². The number of benzene rings is 3. The van der Waals surface area contributed by atoms with Crippen molar-refractivity contribution in [1.29, 1.82) is 0 Å². The van der Waals surface area contributed by atoms with Gasteiger partial charge in [-0.2, -0.15) is 0 Å². The van der Waals surface area contributed by atoms with Crippen molar-refractivity contribution in [3.05, 3.63) is 90.8 Å². The predicted molar refractivity (Wildman–Crippen MR) is 147 cm³/mol. The van der Waals surface area contributed by atoms with Crippen LogP contribution in [0.25, 0.3) is 11.0 Å². The standard InChI is InChI=1S/C30H34N4O3/c1-2-33(24-14-6-3-7-15-24)30(36)22-34-27-19-12-11-18-26(27)32-28(34)20-10-5-13-21-31-29(35)23-37-25-16-8-4-9-17-25/h3-4,6-9,11-12,14-19H,2,5,10,13,20-23H2,1H3,(H,31,35). The van der Waals surface area contributed by atoms with E-state index < -0.39 is 0 Å². The third kappa shape index (κ3) is 7.19. The molecule has 0 aliphatic carbocycles. The second-order valence-corrected chi connectivity index (χ2v) is 8.84. The summed E-state index contributed by atoms with van der Waals surface area (Å²) >= 11 is 0. The molecule has 0 aliphatic rings. The molecule has 37 heavy (non-hydrogen) atoms. The van der Waals surface area contributed by atoms with Crippen LogP contribution in [0.2, 0.25) is 0 Å². The molecule has 0 saturated carbocycles. The summed E-state index contributed by atoms with van der Waals surface area (Å²) in [5, 5.41) is 2.91. The quantitative estimate of drug-likeness (QED) is 0.263. The smallest absolute Gasteiger partial charge is 0.257 e. The van der Waals surface area contributed by atoms with E-state index in [4.69, 9.17) is 9.72 Å². The zero-order chi connectivity index (χ0) is 25.9. The molecule has 4 aromatic rings. The van der Waals surface area contributed by atoms with Crippen molar-refractivity contribution in [2.24, 2.45) is 0 Å². The summed E-state index contributed by atoms with van der Waals surface area (Å²) in [6.07, 6.45) is 3.50. The molecule has 0 saturated heterocycles. The third-order valence-electron chi connectivity index (χ3n) is 6.22. The van der Waals surface area contributed by atoms with Crippen LogP contribution in [-0.4, -0.2) is 41.1 Å². The van der Waals surface area contributed by atoms with Gasteiger partial charge in [-0.15, -0.1) is 0 Å². The number of imidazole rings is 1. The highest BCUT2D eigenvalue weighted by atomic mass is 16.5. The minimum atomic E-state index is -0.122. The van der Waals surface area contributed by atoms with E-state index in [-0.39, 0.29) is 25.0 Å². The van der Waals surface area contributed by atoms with Crippen molar-refractivity contribution >= 4 is 28.5 Å². The van der Waals surface area contributed by atoms with Crippen molar-refractivity contribution in [2.45, 2.75) is 39.2 Å². The number of para-hydroxylation sites is 4. The van der Waals surface area contributed by atoms with Crippen molar-refractivity contribution in [2.75, 3.05) is 24.6 Å². The van der Waals surface area contributed by atoms with E-state index in [0.29, 0.717) is 18.8 Å². The molecule has 1 aromatic heterocycles. The second kappa shape index (κ2) is 13.3. The lowest BCUT2D eigenvalue weighted by Crippen LogP contribution is -2.34. The Balaban J connectivity index is 1.28. The number of ether oxygens (including phenoxy) is 1. The van der Waals surface area contributed by atoms with Gasteiger partial charge in [0.05, 0.1) is 11.0 Å². The van der Waals surface area contributed by atoms with Crippen molar-refractivity contribution in [3.8, 4) is 5.75 Å². The number of likely N-dealkylation sites (N-methyl/N-ethyl adjacent to an activating group) is 1. The number of aryl methyl sites for hydroxylation is 1. The Kier molecular flexibility index (Phi) is 9.29. The summed E-state index contributed by atoms with van der Waals surface area (Å²) in [6.45, 7) is 3.46. The normalized spacial score (nSPS) is 10.8. The average molecular weight is 499 g/mol. The number of amides is 2. The molecule has 0 unspecified atom stereocenters. The maximum Gasteiger partial charge on any atom is 0.257 e. The Hall–Kier alpha value is -4.13. The number of aromatic nitrogens is 2. The fourth-order valence-electron chi connectivity index (χ4n) is 4.35. The molecular weight excluding hydrogens is 464 g/mol. The maximum atomic E-state index is 13.3. The highest BCUT2D eigenvalue weighted by molar-refractivity contribution is 5.94. The molecule has 0 aliphatic heterocycles. The number of carbonyl (C=O) groups excluding carboxylic acids is 2. The molecule has 1 heterocycles. The Morgan fingerprint density at radius 3 is 2.35 bits per heavy atom. The van der Waals surface area contributed by atoms with Gasteiger partial charge in [-0.25, -0.2) is 4.98 Å². The highest BCUT2D eigenvalue weighted by Gasteiger charge is 2.18. The van der Waals surface area contributed by atoms with Crippen molar-refractivity contribution in [3.63, 3.8) is 0 Å². The Labute approximate surface area is 218 Å². The number of anilines is 1. The van der Waals surface area contributed by atoms with E-state index >= 15 is 0 Å². The number of rotatable bonds is 13. The largest absolute Gasteiger partial charge is 0.484 e. The van der Waals surface area contributed by atoms with Gasteiger partial charge in [-0.3, -0.25) is 9.59 Å². The summed E-state index contributed by atoms with van der Waals surface area (Å²) < 4.78 is 7.52. The lowest BCUT2D eigenvalue weighted by Gasteiger charge is -2.22. The monoisotopic (exact) mass is 498 g/mol. The van der Waals surface area contributed by atoms with Gasteiger partial charge in [0.25, 0.3) is 5.91 Å².